The Labute approximate surface area is 166 Å². The van der Waals surface area contributed by atoms with Crippen molar-refractivity contribution in [1.29, 1.82) is 0 Å². The number of benzene rings is 1. The molecule has 27 heavy (non-hydrogen) atoms. The highest BCUT2D eigenvalue weighted by Gasteiger charge is 2.19. The summed E-state index contributed by atoms with van der Waals surface area (Å²) in [4.78, 5) is 34.0. The molecule has 0 aliphatic carbocycles. The van der Waals surface area contributed by atoms with Crippen molar-refractivity contribution in [2.75, 3.05) is 0 Å². The number of thiophene rings is 1. The van der Waals surface area contributed by atoms with Crippen LogP contribution in [0.5, 0.6) is 5.75 Å². The number of nitrogens with one attached hydrogen (secondary N) is 1. The van der Waals surface area contributed by atoms with Gasteiger partial charge in [0.25, 0.3) is 5.56 Å². The SMILES string of the molecule is Cc1cccc(C)c1OC(=O)[C@H](C)SCc1nc2sc(C)c(C)c2c(=O)[nH]1. The number of aromatic amines is 1. The molecule has 1 N–H and O–H groups in total. The van der Waals surface area contributed by atoms with Crippen LogP contribution in [0.3, 0.4) is 0 Å². The van der Waals surface area contributed by atoms with Crippen molar-refractivity contribution in [3.63, 3.8) is 0 Å². The molecule has 0 fully saturated rings. The minimum Gasteiger partial charge on any atom is -0.425 e. The maximum absolute atomic E-state index is 12.4. The number of carbonyl (C=O) groups excluding carboxylic acids is 1. The molecule has 5 nitrogen and oxygen atoms in total. The predicted octanol–water partition coefficient (Wildman–Crippen LogP) is 4.45. The first kappa shape index (κ1) is 19.6. The van der Waals surface area contributed by atoms with Gasteiger partial charge in [-0.1, -0.05) is 18.2 Å². The summed E-state index contributed by atoms with van der Waals surface area (Å²) in [6.45, 7) is 9.56. The molecule has 0 saturated carbocycles. The predicted molar refractivity (Wildman–Crippen MR) is 112 cm³/mol. The molecule has 0 bridgehead atoms. The Morgan fingerprint density at radius 1 is 1.26 bits per heavy atom. The highest BCUT2D eigenvalue weighted by atomic mass is 32.2. The van der Waals surface area contributed by atoms with Crippen LogP contribution in [0.15, 0.2) is 23.0 Å². The summed E-state index contributed by atoms with van der Waals surface area (Å²) in [7, 11) is 0. The lowest BCUT2D eigenvalue weighted by Gasteiger charge is -2.14. The van der Waals surface area contributed by atoms with Gasteiger partial charge in [0, 0.05) is 4.88 Å². The first-order chi connectivity index (χ1) is 12.8. The van der Waals surface area contributed by atoms with Crippen molar-refractivity contribution in [2.45, 2.75) is 45.6 Å². The zero-order chi connectivity index (χ0) is 19.7. The van der Waals surface area contributed by atoms with E-state index in [-0.39, 0.29) is 16.8 Å². The molecule has 0 saturated heterocycles. The zero-order valence-corrected chi connectivity index (χ0v) is 17.6. The average Bonchev–Trinajstić information content (AvgIpc) is 2.90. The van der Waals surface area contributed by atoms with Crippen molar-refractivity contribution in [1.82, 2.24) is 9.97 Å². The fraction of sp³-hybridized carbons (Fsp3) is 0.350. The monoisotopic (exact) mass is 402 g/mol. The molecule has 0 radical (unpaired) electrons. The Morgan fingerprint density at radius 2 is 1.93 bits per heavy atom. The third-order valence-electron chi connectivity index (χ3n) is 4.50. The molecular weight excluding hydrogens is 380 g/mol. The first-order valence-corrected chi connectivity index (χ1v) is 10.5. The number of ether oxygens (including phenoxy) is 1. The van der Waals surface area contributed by atoms with Crippen LogP contribution in [0.1, 0.15) is 34.3 Å². The molecule has 1 atom stereocenters. The Kier molecular flexibility index (Phi) is 5.72. The average molecular weight is 403 g/mol. The molecule has 3 aromatic rings. The molecule has 2 heterocycles. The molecule has 142 valence electrons. The van der Waals surface area contributed by atoms with E-state index in [1.54, 1.807) is 6.92 Å². The Balaban J connectivity index is 1.70. The lowest BCUT2D eigenvalue weighted by atomic mass is 10.1. The van der Waals surface area contributed by atoms with Crippen LogP contribution >= 0.6 is 23.1 Å². The van der Waals surface area contributed by atoms with Crippen LogP contribution in [0.4, 0.5) is 0 Å². The number of hydrogen-bond donors (Lipinski definition) is 1. The third-order valence-corrected chi connectivity index (χ3v) is 6.74. The van der Waals surface area contributed by atoms with Crippen LogP contribution < -0.4 is 10.3 Å². The number of aryl methyl sites for hydroxylation is 4. The Morgan fingerprint density at radius 3 is 2.59 bits per heavy atom. The van der Waals surface area contributed by atoms with E-state index in [0.717, 1.165) is 26.4 Å². The Bertz CT molecular complexity index is 1050. The number of aromatic nitrogens is 2. The second-order valence-corrected chi connectivity index (χ2v) is 9.10. The third kappa shape index (κ3) is 4.09. The van der Waals surface area contributed by atoms with Crippen LogP contribution in [0.25, 0.3) is 10.2 Å². The van der Waals surface area contributed by atoms with E-state index in [2.05, 4.69) is 9.97 Å². The number of hydrogen-bond acceptors (Lipinski definition) is 6. The number of fused-ring (bicyclic) bond motifs is 1. The maximum Gasteiger partial charge on any atom is 0.324 e. The summed E-state index contributed by atoms with van der Waals surface area (Å²) < 4.78 is 5.59. The summed E-state index contributed by atoms with van der Waals surface area (Å²) >= 11 is 2.91. The van der Waals surface area contributed by atoms with E-state index in [4.69, 9.17) is 4.74 Å². The summed E-state index contributed by atoms with van der Waals surface area (Å²) in [5.74, 6) is 1.33. The fourth-order valence-corrected chi connectivity index (χ4v) is 4.56. The molecule has 0 aliphatic heterocycles. The fourth-order valence-electron chi connectivity index (χ4n) is 2.78. The lowest BCUT2D eigenvalue weighted by Crippen LogP contribution is -2.21. The molecule has 0 aliphatic rings. The molecule has 2 aromatic heterocycles. The number of para-hydroxylation sites is 1. The van der Waals surface area contributed by atoms with Gasteiger partial charge < -0.3 is 9.72 Å². The van der Waals surface area contributed by atoms with E-state index in [0.29, 0.717) is 22.7 Å². The van der Waals surface area contributed by atoms with Crippen molar-refractivity contribution in [3.8, 4) is 5.75 Å². The largest absolute Gasteiger partial charge is 0.425 e. The molecule has 7 heteroatoms. The lowest BCUT2D eigenvalue weighted by molar-refractivity contribution is -0.133. The van der Waals surface area contributed by atoms with E-state index in [1.165, 1.54) is 23.1 Å². The van der Waals surface area contributed by atoms with Gasteiger partial charge in [-0.3, -0.25) is 9.59 Å². The topological polar surface area (TPSA) is 72.0 Å². The molecule has 0 amide bonds. The minimum absolute atomic E-state index is 0.122. The highest BCUT2D eigenvalue weighted by molar-refractivity contribution is 7.99. The normalized spacial score (nSPS) is 12.3. The van der Waals surface area contributed by atoms with Gasteiger partial charge >= 0.3 is 5.97 Å². The van der Waals surface area contributed by atoms with Gasteiger partial charge in [-0.15, -0.1) is 23.1 Å². The number of carbonyl (C=O) groups is 1. The van der Waals surface area contributed by atoms with Crippen LogP contribution in [-0.4, -0.2) is 21.2 Å². The van der Waals surface area contributed by atoms with Crippen molar-refractivity contribution in [3.05, 3.63) is 55.9 Å². The number of rotatable bonds is 5. The molecule has 0 spiro atoms. The van der Waals surface area contributed by atoms with Gasteiger partial charge in [0.2, 0.25) is 0 Å². The summed E-state index contributed by atoms with van der Waals surface area (Å²) in [6.07, 6.45) is 0. The van der Waals surface area contributed by atoms with Crippen molar-refractivity contribution < 1.29 is 9.53 Å². The highest BCUT2D eigenvalue weighted by Crippen LogP contribution is 2.27. The number of H-pyrrole nitrogens is 1. The van der Waals surface area contributed by atoms with Gasteiger partial charge in [0.15, 0.2) is 0 Å². The van der Waals surface area contributed by atoms with Gasteiger partial charge in [-0.25, -0.2) is 4.98 Å². The summed E-state index contributed by atoms with van der Waals surface area (Å²) in [5, 5.41) is 0.283. The van der Waals surface area contributed by atoms with Crippen LogP contribution in [0, 0.1) is 27.7 Å². The number of esters is 1. The van der Waals surface area contributed by atoms with Crippen molar-refractivity contribution >= 4 is 39.3 Å². The van der Waals surface area contributed by atoms with Gasteiger partial charge in [-0.2, -0.15) is 0 Å². The van der Waals surface area contributed by atoms with E-state index in [1.807, 2.05) is 45.9 Å². The van der Waals surface area contributed by atoms with E-state index < -0.39 is 0 Å². The van der Waals surface area contributed by atoms with Gasteiger partial charge in [0.05, 0.1) is 11.1 Å². The molecular formula is C20H22N2O3S2. The van der Waals surface area contributed by atoms with Crippen molar-refractivity contribution in [2.24, 2.45) is 0 Å². The maximum atomic E-state index is 12.4. The number of thioether (sulfide) groups is 1. The molecule has 0 unspecified atom stereocenters. The minimum atomic E-state index is -0.378. The zero-order valence-electron chi connectivity index (χ0n) is 16.0. The quantitative estimate of drug-likeness (QED) is 0.504. The molecule has 1 aromatic carbocycles. The van der Waals surface area contributed by atoms with Crippen LogP contribution in [0.2, 0.25) is 0 Å². The van der Waals surface area contributed by atoms with Gasteiger partial charge in [0.1, 0.15) is 21.7 Å². The number of nitrogens with zero attached hydrogens (tertiary/aromatic N) is 1. The first-order valence-electron chi connectivity index (χ1n) is 8.66. The summed E-state index contributed by atoms with van der Waals surface area (Å²) in [5.41, 5.74) is 2.72. The van der Waals surface area contributed by atoms with Gasteiger partial charge in [-0.05, 0) is 51.3 Å². The second kappa shape index (κ2) is 7.86. The smallest absolute Gasteiger partial charge is 0.324 e. The van der Waals surface area contributed by atoms with Crippen LogP contribution in [-0.2, 0) is 10.5 Å². The summed E-state index contributed by atoms with van der Waals surface area (Å²) in [6, 6.07) is 5.77. The van der Waals surface area contributed by atoms with E-state index >= 15 is 0 Å². The van der Waals surface area contributed by atoms with E-state index in [9.17, 15) is 9.59 Å². The second-order valence-electron chi connectivity index (χ2n) is 6.57. The molecule has 3 rings (SSSR count). The standard InChI is InChI=1S/C20H22N2O3S2/c1-10-7-6-8-11(2)17(10)25-20(24)14(5)26-9-15-21-18(23)16-12(3)13(4)27-19(16)22-15/h6-8,14H,9H2,1-5H3,(H,21,22,23)/t14-/m0/s1. The Hall–Kier alpha value is -2.12.